The topological polar surface area (TPSA) is 389 Å². The van der Waals surface area contributed by atoms with Gasteiger partial charge in [0.05, 0.1) is 26.2 Å². The molecule has 2 fully saturated rings. The first-order chi connectivity index (χ1) is 38.6. The van der Waals surface area contributed by atoms with Crippen LogP contribution in [-0.4, -0.2) is 259 Å². The number of carboxylic acid groups (broad SMARTS) is 7. The minimum absolute atomic E-state index is 0.0270. The van der Waals surface area contributed by atoms with Gasteiger partial charge in [0.2, 0.25) is 11.9 Å². The van der Waals surface area contributed by atoms with Crippen molar-refractivity contribution < 1.29 is 78.9 Å². The smallest absolute Gasteiger partial charge is 0.326 e. The summed E-state index contributed by atoms with van der Waals surface area (Å²) in [5.41, 5.74) is 1.79. The molecule has 28 heteroatoms. The van der Waals surface area contributed by atoms with E-state index < -0.39 is 72.4 Å². The number of unbranched alkanes of at least 4 members (excludes halogenated alkanes) is 6. The Morgan fingerprint density at radius 3 is 1.63 bits per heavy atom. The third kappa shape index (κ3) is 27.3. The third-order valence-corrected chi connectivity index (χ3v) is 14.1. The summed E-state index contributed by atoms with van der Waals surface area (Å²) >= 11 is 0. The van der Waals surface area contributed by atoms with E-state index in [1.807, 2.05) is 24.3 Å². The summed E-state index contributed by atoms with van der Waals surface area (Å²) in [7, 11) is 2.07. The second-order valence-corrected chi connectivity index (χ2v) is 20.7. The minimum Gasteiger partial charge on any atom is -0.481 e. The van der Waals surface area contributed by atoms with Crippen LogP contribution in [0.3, 0.4) is 0 Å². The van der Waals surface area contributed by atoms with Crippen LogP contribution < -0.4 is 20.9 Å². The van der Waals surface area contributed by atoms with Crippen molar-refractivity contribution in [1.82, 2.24) is 55.4 Å². The van der Waals surface area contributed by atoms with Crippen LogP contribution in [0.25, 0.3) is 0 Å². The molecule has 4 rings (SSSR count). The summed E-state index contributed by atoms with van der Waals surface area (Å²) in [6.07, 6.45) is 6.91. The van der Waals surface area contributed by atoms with Gasteiger partial charge in [-0.1, -0.05) is 49.9 Å². The van der Waals surface area contributed by atoms with Gasteiger partial charge in [-0.15, -0.1) is 0 Å². The molecule has 0 bridgehead atoms. The molecule has 3 heterocycles. The maximum Gasteiger partial charge on any atom is 0.326 e. The summed E-state index contributed by atoms with van der Waals surface area (Å²) in [4.78, 5) is 132. The van der Waals surface area contributed by atoms with Crippen molar-refractivity contribution in [2.45, 2.75) is 114 Å². The van der Waals surface area contributed by atoms with Crippen molar-refractivity contribution in [1.29, 1.82) is 0 Å². The first-order valence-electron chi connectivity index (χ1n) is 27.7. The van der Waals surface area contributed by atoms with Crippen molar-refractivity contribution in [2.75, 3.05) is 117 Å². The van der Waals surface area contributed by atoms with Crippen LogP contribution in [0.1, 0.15) is 99.8 Å². The lowest BCUT2D eigenvalue weighted by Gasteiger charge is -2.37. The Labute approximate surface area is 470 Å². The number of anilines is 1. The molecule has 3 atom stereocenters. The number of nitrogens with one attached hydrogen (secondary N) is 3. The van der Waals surface area contributed by atoms with Crippen molar-refractivity contribution in [3.05, 3.63) is 47.0 Å². The van der Waals surface area contributed by atoms with E-state index in [-0.39, 0.29) is 90.7 Å². The van der Waals surface area contributed by atoms with Crippen molar-refractivity contribution in [3.63, 3.8) is 0 Å². The van der Waals surface area contributed by atoms with Crippen LogP contribution in [0.5, 0.6) is 0 Å². The number of carbonyl (C=O) groups excluding carboxylic acids is 2. The lowest BCUT2D eigenvalue weighted by molar-refractivity contribution is -0.142. The predicted octanol–water partition coefficient (Wildman–Crippen LogP) is 0.315. The van der Waals surface area contributed by atoms with Crippen LogP contribution in [0.2, 0.25) is 0 Å². The van der Waals surface area contributed by atoms with Crippen LogP contribution in [0.4, 0.5) is 10.7 Å². The van der Waals surface area contributed by atoms with Gasteiger partial charge in [0.1, 0.15) is 23.7 Å². The van der Waals surface area contributed by atoms with Gasteiger partial charge in [-0.3, -0.25) is 48.4 Å². The Morgan fingerprint density at radius 2 is 1.05 bits per heavy atom. The fraction of sp³-hybridized carbons (Fsp3) is 0.660. The largest absolute Gasteiger partial charge is 0.481 e. The number of likely N-dealkylation sites (N-methyl/N-ethyl adjacent to an activating group) is 1. The van der Waals surface area contributed by atoms with Gasteiger partial charge in [-0.2, -0.15) is 9.97 Å². The number of rotatable bonds is 34. The molecule has 2 aliphatic rings. The van der Waals surface area contributed by atoms with E-state index >= 15 is 0 Å². The molecular weight excluding hydrogens is 1060 g/mol. The van der Waals surface area contributed by atoms with Crippen LogP contribution in [0.15, 0.2) is 24.3 Å². The number of urea groups is 1. The molecule has 0 radical (unpaired) electrons. The van der Waals surface area contributed by atoms with Crippen LogP contribution in [-0.2, 0) is 57.6 Å². The summed E-state index contributed by atoms with van der Waals surface area (Å²) in [6, 6.07) is 3.45. The normalized spacial score (nSPS) is 17.2. The van der Waals surface area contributed by atoms with Gasteiger partial charge < -0.3 is 61.5 Å². The molecule has 2 aromatic rings. The molecule has 0 saturated carbocycles. The number of carboxylic acids is 7. The number of carbonyl (C=O) groups is 9. The third-order valence-electron chi connectivity index (χ3n) is 14.1. The lowest BCUT2D eigenvalue weighted by Crippen LogP contribution is -2.53. The number of aliphatic carboxylic acids is 7. The molecule has 10 N–H and O–H groups in total. The first kappa shape index (κ1) is 66.4. The average Bonchev–Trinajstić information content (AvgIpc) is 3.39. The second kappa shape index (κ2) is 35.6. The van der Waals surface area contributed by atoms with Crippen molar-refractivity contribution >= 4 is 59.7 Å². The Hall–Kier alpha value is -7.14. The van der Waals surface area contributed by atoms with Gasteiger partial charge in [0, 0.05) is 110 Å². The minimum atomic E-state index is -1.50. The number of benzene rings is 1. The molecule has 81 heavy (non-hydrogen) atoms. The number of hydrogen-bond donors (Lipinski definition) is 10. The molecule has 1 aromatic carbocycles. The summed E-state index contributed by atoms with van der Waals surface area (Å²) in [5.74, 6) is -6.51. The fourth-order valence-corrected chi connectivity index (χ4v) is 9.60. The van der Waals surface area contributed by atoms with E-state index in [1.165, 1.54) is 0 Å². The molecule has 2 aliphatic heterocycles. The number of piperazine rings is 1. The summed E-state index contributed by atoms with van der Waals surface area (Å²) < 4.78 is 0. The van der Waals surface area contributed by atoms with E-state index in [9.17, 15) is 73.8 Å². The molecule has 450 valence electrons. The SMILES string of the molecule is CN1CCN(c2nc(CCCCCCCCC(=O)NCCCC[C@H](NC(=O)N[C@@H](CCC(=O)O)C(=O)O)C(=O)O)nc(Cc3ccc(CC4CN(CC(=O)O)CCN(CC(=O)O)CCN(CC(=O)O)CCN4CC(=O)O)cc3)n2)CC1. The molecule has 1 unspecified atom stereocenters. The quantitative estimate of drug-likeness (QED) is 0.0422. The monoisotopic (exact) mass is 1140 g/mol. The predicted molar refractivity (Wildman–Crippen MR) is 292 cm³/mol. The molecule has 0 aliphatic carbocycles. The van der Waals surface area contributed by atoms with E-state index in [0.29, 0.717) is 69.1 Å². The molecule has 28 nitrogen and oxygen atoms in total. The first-order valence-corrected chi connectivity index (χ1v) is 27.7. The fourth-order valence-electron chi connectivity index (χ4n) is 9.60. The molecule has 2 saturated heterocycles. The molecule has 3 amide bonds. The van der Waals surface area contributed by atoms with Gasteiger partial charge >= 0.3 is 47.8 Å². The number of hydrogen-bond acceptors (Lipinski definition) is 18. The van der Waals surface area contributed by atoms with E-state index in [1.54, 1.807) is 19.6 Å². The van der Waals surface area contributed by atoms with Gasteiger partial charge in [0.25, 0.3) is 0 Å². The Balaban J connectivity index is 1.30. The molecule has 0 spiro atoms. The van der Waals surface area contributed by atoms with E-state index in [2.05, 4.69) is 32.8 Å². The zero-order chi connectivity index (χ0) is 59.3. The zero-order valence-corrected chi connectivity index (χ0v) is 46.3. The van der Waals surface area contributed by atoms with Gasteiger partial charge in [-0.05, 0) is 63.1 Å². The van der Waals surface area contributed by atoms with E-state index in [4.69, 9.17) is 20.1 Å². The maximum absolute atomic E-state index is 12.5. The number of amides is 3. The maximum atomic E-state index is 12.5. The lowest BCUT2D eigenvalue weighted by atomic mass is 10.0. The van der Waals surface area contributed by atoms with Crippen molar-refractivity contribution in [3.8, 4) is 0 Å². The summed E-state index contributed by atoms with van der Waals surface area (Å²) in [5, 5.41) is 73.8. The Kier molecular flexibility index (Phi) is 29.1. The molecular formula is C53H82N12O16. The second-order valence-electron chi connectivity index (χ2n) is 20.7. The van der Waals surface area contributed by atoms with E-state index in [0.717, 1.165) is 69.4 Å². The highest BCUT2D eigenvalue weighted by molar-refractivity contribution is 5.86. The standard InChI is InChI=1S/C53H82N12O16/c1-60-20-27-64(28-21-60)52-58-42(11-6-4-2-3-5-7-12-44(66)54-19-9-8-10-40(50(77)78)55-53(81)56-41(51(79)80)17-18-45(67)68)57-43(59-52)31-38-15-13-37(14-16-38)30-39-32-63(35-48(73)74)25-24-61(33-46(69)70)22-23-62(34-47(71)72)26-29-65(39)36-49(75)76/h13-16,39-41H,2-12,17-36H2,1H3,(H,54,66)(H,67,68)(H,69,70)(H,71,72)(H,73,74)(H,75,76)(H,77,78)(H,79,80)(H2,55,56,81)/t39?,40-,41-/m0/s1. The highest BCUT2D eigenvalue weighted by atomic mass is 16.4. The van der Waals surface area contributed by atoms with Crippen LogP contribution in [0, 0.1) is 0 Å². The van der Waals surface area contributed by atoms with Gasteiger partial charge in [-0.25, -0.2) is 19.4 Å². The zero-order valence-electron chi connectivity index (χ0n) is 46.3. The van der Waals surface area contributed by atoms with Crippen LogP contribution >= 0.6 is 0 Å². The Morgan fingerprint density at radius 1 is 0.531 bits per heavy atom. The highest BCUT2D eigenvalue weighted by Gasteiger charge is 2.29. The van der Waals surface area contributed by atoms with Gasteiger partial charge in [0.15, 0.2) is 0 Å². The molecule has 1 aromatic heterocycles. The number of aryl methyl sites for hydroxylation is 1. The highest BCUT2D eigenvalue weighted by Crippen LogP contribution is 2.19. The average molecular weight is 1140 g/mol. The Bertz CT molecular complexity index is 2380. The summed E-state index contributed by atoms with van der Waals surface area (Å²) in [6.45, 7) is 3.55. The number of nitrogens with zero attached hydrogens (tertiary/aromatic N) is 9. The van der Waals surface area contributed by atoms with Crippen molar-refractivity contribution in [2.24, 2.45) is 0 Å². The number of aromatic nitrogens is 3.